The van der Waals surface area contributed by atoms with Crippen LogP contribution in [0.25, 0.3) is 0 Å². The second-order valence-corrected chi connectivity index (χ2v) is 6.06. The van der Waals surface area contributed by atoms with Crippen molar-refractivity contribution in [3.63, 3.8) is 0 Å². The summed E-state index contributed by atoms with van der Waals surface area (Å²) in [6, 6.07) is 17.8. The van der Waals surface area contributed by atoms with Gasteiger partial charge in [-0.15, -0.1) is 0 Å². The number of anilines is 1. The Hall–Kier alpha value is -2.37. The van der Waals surface area contributed by atoms with E-state index >= 15 is 0 Å². The van der Waals surface area contributed by atoms with Crippen molar-refractivity contribution >= 4 is 11.6 Å². The molecular weight excluding hydrogens is 316 g/mol. The van der Waals surface area contributed by atoms with Crippen LogP contribution in [0.2, 0.25) is 0 Å². The van der Waals surface area contributed by atoms with Gasteiger partial charge in [-0.05, 0) is 17.7 Å². The van der Waals surface area contributed by atoms with Crippen molar-refractivity contribution in [2.24, 2.45) is 0 Å². The Bertz CT molecular complexity index is 670. The molecule has 2 aromatic carbocycles. The molecule has 2 N–H and O–H groups in total. The van der Waals surface area contributed by atoms with Gasteiger partial charge < -0.3 is 20.1 Å². The summed E-state index contributed by atoms with van der Waals surface area (Å²) in [7, 11) is 0. The number of rotatable bonds is 7. The zero-order chi connectivity index (χ0) is 17.3. The van der Waals surface area contributed by atoms with Gasteiger partial charge in [-0.2, -0.15) is 0 Å². The third-order valence-electron chi connectivity index (χ3n) is 4.08. The van der Waals surface area contributed by atoms with Crippen molar-refractivity contribution in [1.29, 1.82) is 0 Å². The molecule has 5 heteroatoms. The second-order valence-electron chi connectivity index (χ2n) is 6.06. The summed E-state index contributed by atoms with van der Waals surface area (Å²) < 4.78 is 11.3. The van der Waals surface area contributed by atoms with E-state index in [0.717, 1.165) is 13.0 Å². The number of hydrogen-bond donors (Lipinski definition) is 2. The molecule has 1 amide bonds. The molecule has 1 fully saturated rings. The molecule has 1 atom stereocenters. The summed E-state index contributed by atoms with van der Waals surface area (Å²) in [6.07, 6.45) is 1.21. The van der Waals surface area contributed by atoms with Gasteiger partial charge in [0.05, 0.1) is 25.5 Å². The summed E-state index contributed by atoms with van der Waals surface area (Å²) >= 11 is 0. The normalized spacial score (nSPS) is 17.0. The Morgan fingerprint density at radius 2 is 1.96 bits per heavy atom. The lowest BCUT2D eigenvalue weighted by Gasteiger charge is -2.23. The van der Waals surface area contributed by atoms with E-state index in [2.05, 4.69) is 22.8 Å². The minimum absolute atomic E-state index is 0.0397. The quantitative estimate of drug-likeness (QED) is 0.813. The van der Waals surface area contributed by atoms with Gasteiger partial charge in [0.15, 0.2) is 0 Å². The maximum Gasteiger partial charge on any atom is 0.226 e. The van der Waals surface area contributed by atoms with Gasteiger partial charge in [-0.25, -0.2) is 0 Å². The van der Waals surface area contributed by atoms with E-state index in [1.165, 1.54) is 5.56 Å². The summed E-state index contributed by atoms with van der Waals surface area (Å²) in [5.41, 5.74) is 1.93. The highest BCUT2D eigenvalue weighted by Crippen LogP contribution is 2.24. The molecule has 0 saturated carbocycles. The number of amides is 1. The van der Waals surface area contributed by atoms with Crippen molar-refractivity contribution in [1.82, 2.24) is 5.32 Å². The third-order valence-corrected chi connectivity index (χ3v) is 4.08. The van der Waals surface area contributed by atoms with Gasteiger partial charge in [0.1, 0.15) is 5.75 Å². The molecule has 1 unspecified atom stereocenters. The first-order valence-corrected chi connectivity index (χ1v) is 8.68. The molecule has 2 aromatic rings. The fourth-order valence-electron chi connectivity index (χ4n) is 2.80. The number of nitrogens with one attached hydrogen (secondary N) is 2. The molecule has 0 spiro atoms. The lowest BCUT2D eigenvalue weighted by Crippen LogP contribution is -2.43. The summed E-state index contributed by atoms with van der Waals surface area (Å²) in [5, 5.41) is 6.23. The predicted molar refractivity (Wildman–Crippen MR) is 97.9 cm³/mol. The van der Waals surface area contributed by atoms with E-state index in [9.17, 15) is 4.79 Å². The molecule has 0 radical (unpaired) electrons. The molecule has 3 rings (SSSR count). The Morgan fingerprint density at radius 1 is 1.16 bits per heavy atom. The number of carbonyl (C=O) groups is 1. The molecule has 1 heterocycles. The molecule has 0 aromatic heterocycles. The van der Waals surface area contributed by atoms with Crippen LogP contribution in [-0.2, 0) is 16.0 Å². The second kappa shape index (κ2) is 9.20. The van der Waals surface area contributed by atoms with Gasteiger partial charge in [0.25, 0.3) is 0 Å². The van der Waals surface area contributed by atoms with Gasteiger partial charge in [0, 0.05) is 25.4 Å². The standard InChI is InChI=1S/C20H24N2O3/c23-20(14-17-15-24-13-11-21-17)22-18-8-4-5-9-19(18)25-12-10-16-6-2-1-3-7-16/h1-9,17,21H,10-15H2,(H,22,23). The van der Waals surface area contributed by atoms with Gasteiger partial charge >= 0.3 is 0 Å². The van der Waals surface area contributed by atoms with Crippen molar-refractivity contribution in [3.8, 4) is 5.75 Å². The Balaban J connectivity index is 1.52. The van der Waals surface area contributed by atoms with E-state index in [4.69, 9.17) is 9.47 Å². The van der Waals surface area contributed by atoms with E-state index in [1.807, 2.05) is 42.5 Å². The number of morpholine rings is 1. The molecule has 5 nitrogen and oxygen atoms in total. The molecule has 1 aliphatic rings. The SMILES string of the molecule is O=C(CC1COCCN1)Nc1ccccc1OCCc1ccccc1. The number of hydrogen-bond acceptors (Lipinski definition) is 4. The maximum absolute atomic E-state index is 12.3. The van der Waals surface area contributed by atoms with Crippen LogP contribution in [0.5, 0.6) is 5.75 Å². The van der Waals surface area contributed by atoms with Crippen LogP contribution in [0.15, 0.2) is 54.6 Å². The first-order valence-electron chi connectivity index (χ1n) is 8.68. The largest absolute Gasteiger partial charge is 0.491 e. The van der Waals surface area contributed by atoms with E-state index in [1.54, 1.807) is 0 Å². The highest BCUT2D eigenvalue weighted by atomic mass is 16.5. The van der Waals surface area contributed by atoms with Crippen molar-refractivity contribution in [2.45, 2.75) is 18.9 Å². The molecule has 1 saturated heterocycles. The third kappa shape index (κ3) is 5.59. The molecule has 1 aliphatic heterocycles. The first kappa shape index (κ1) is 17.5. The van der Waals surface area contributed by atoms with Gasteiger partial charge in [-0.1, -0.05) is 42.5 Å². The van der Waals surface area contributed by atoms with Crippen LogP contribution >= 0.6 is 0 Å². The van der Waals surface area contributed by atoms with Crippen LogP contribution < -0.4 is 15.4 Å². The number of ether oxygens (including phenoxy) is 2. The Morgan fingerprint density at radius 3 is 2.76 bits per heavy atom. The number of carbonyl (C=O) groups excluding carboxylic acids is 1. The average molecular weight is 340 g/mol. The van der Waals surface area contributed by atoms with E-state index in [0.29, 0.717) is 37.7 Å². The summed E-state index contributed by atoms with van der Waals surface area (Å²) in [6.45, 7) is 2.63. The van der Waals surface area contributed by atoms with Crippen LogP contribution in [0.4, 0.5) is 5.69 Å². The van der Waals surface area contributed by atoms with Crippen molar-refractivity contribution in [3.05, 3.63) is 60.2 Å². The molecular formula is C20H24N2O3. The average Bonchev–Trinajstić information content (AvgIpc) is 2.65. The highest BCUT2D eigenvalue weighted by Gasteiger charge is 2.17. The summed E-state index contributed by atoms with van der Waals surface area (Å²) in [5.74, 6) is 0.654. The highest BCUT2D eigenvalue weighted by molar-refractivity contribution is 5.92. The monoisotopic (exact) mass is 340 g/mol. The van der Waals surface area contributed by atoms with Crippen LogP contribution in [0, 0.1) is 0 Å². The summed E-state index contributed by atoms with van der Waals surface area (Å²) in [4.78, 5) is 12.3. The Kier molecular flexibility index (Phi) is 6.42. The minimum Gasteiger partial charge on any atom is -0.491 e. The zero-order valence-corrected chi connectivity index (χ0v) is 14.2. The number of para-hydroxylation sites is 2. The minimum atomic E-state index is -0.0397. The maximum atomic E-state index is 12.3. The first-order chi connectivity index (χ1) is 12.3. The topological polar surface area (TPSA) is 59.6 Å². The van der Waals surface area contributed by atoms with Crippen molar-refractivity contribution < 1.29 is 14.3 Å². The van der Waals surface area contributed by atoms with Crippen LogP contribution in [0.1, 0.15) is 12.0 Å². The smallest absolute Gasteiger partial charge is 0.226 e. The number of benzene rings is 2. The van der Waals surface area contributed by atoms with E-state index in [-0.39, 0.29) is 11.9 Å². The van der Waals surface area contributed by atoms with E-state index < -0.39 is 0 Å². The fourth-order valence-corrected chi connectivity index (χ4v) is 2.80. The van der Waals surface area contributed by atoms with Gasteiger partial charge in [0.2, 0.25) is 5.91 Å². The van der Waals surface area contributed by atoms with Crippen LogP contribution in [-0.4, -0.2) is 38.3 Å². The fraction of sp³-hybridized carbons (Fsp3) is 0.350. The zero-order valence-electron chi connectivity index (χ0n) is 14.2. The van der Waals surface area contributed by atoms with Crippen molar-refractivity contribution in [2.75, 3.05) is 31.7 Å². The molecule has 132 valence electrons. The van der Waals surface area contributed by atoms with Gasteiger partial charge in [-0.3, -0.25) is 4.79 Å². The predicted octanol–water partition coefficient (Wildman–Crippen LogP) is 2.63. The Labute approximate surface area is 148 Å². The molecule has 0 bridgehead atoms. The molecule has 25 heavy (non-hydrogen) atoms. The lowest BCUT2D eigenvalue weighted by atomic mass is 10.2. The molecule has 0 aliphatic carbocycles. The lowest BCUT2D eigenvalue weighted by molar-refractivity contribution is -0.117. The van der Waals surface area contributed by atoms with Crippen LogP contribution in [0.3, 0.4) is 0 Å².